The van der Waals surface area contributed by atoms with Gasteiger partial charge in [0.2, 0.25) is 0 Å². The van der Waals surface area contributed by atoms with Gasteiger partial charge in [0.1, 0.15) is 0 Å². The molecular weight excluding hydrogens is 344 g/mol. The highest BCUT2D eigenvalue weighted by Gasteiger charge is 2.21. The Balaban J connectivity index is 1.70. The molecule has 1 saturated carbocycles. The Hall–Kier alpha value is 0.1000. The predicted molar refractivity (Wildman–Crippen MR) is 97.0 cm³/mol. The van der Waals surface area contributed by atoms with Gasteiger partial charge in [-0.2, -0.15) is 0 Å². The zero-order valence-electron chi connectivity index (χ0n) is 13.4. The Labute approximate surface area is 142 Å². The average molecular weight is 373 g/mol. The molecule has 0 spiro atoms. The largest absolute Gasteiger partial charge is 0.311 e. The molecule has 4 heteroatoms. The van der Waals surface area contributed by atoms with Crippen LogP contribution in [0, 0.1) is 5.92 Å². The van der Waals surface area contributed by atoms with Crippen LogP contribution in [0.2, 0.25) is 0 Å². The molecule has 0 bridgehead atoms. The van der Waals surface area contributed by atoms with Gasteiger partial charge in [-0.05, 0) is 53.7 Å². The summed E-state index contributed by atoms with van der Waals surface area (Å²) < 4.78 is 1.20. The Morgan fingerprint density at radius 1 is 1.33 bits per heavy atom. The minimum absolute atomic E-state index is 0.810. The molecule has 0 aromatic carbocycles. The lowest BCUT2D eigenvalue weighted by molar-refractivity contribution is 0.188. The molecule has 0 radical (unpaired) electrons. The van der Waals surface area contributed by atoms with Crippen molar-refractivity contribution in [2.24, 2.45) is 5.92 Å². The second-order valence-corrected chi connectivity index (χ2v) is 8.48. The summed E-state index contributed by atoms with van der Waals surface area (Å²) in [5, 5.41) is 5.76. The zero-order chi connectivity index (χ0) is 15.1. The van der Waals surface area contributed by atoms with Gasteiger partial charge in [0.25, 0.3) is 0 Å². The molecule has 2 nitrogen and oxygen atoms in total. The van der Waals surface area contributed by atoms with Crippen molar-refractivity contribution >= 4 is 27.3 Å². The standard InChI is InChI=1S/C17H29BrN2S/c1-14(2)7-9-20(16-5-3-4-6-16)10-8-19-12-17-11-15(18)13-21-17/h11,13-14,16,19H,3-10,12H2,1-2H3. The van der Waals surface area contributed by atoms with Gasteiger partial charge in [-0.15, -0.1) is 11.3 Å². The molecule has 1 aromatic heterocycles. The number of rotatable bonds is 9. The summed E-state index contributed by atoms with van der Waals surface area (Å²) in [6.45, 7) is 9.24. The topological polar surface area (TPSA) is 15.3 Å². The number of thiophene rings is 1. The minimum atomic E-state index is 0.810. The number of nitrogens with one attached hydrogen (secondary N) is 1. The molecule has 0 unspecified atom stereocenters. The highest BCUT2D eigenvalue weighted by Crippen LogP contribution is 2.24. The van der Waals surface area contributed by atoms with Gasteiger partial charge in [-0.1, -0.05) is 26.7 Å². The van der Waals surface area contributed by atoms with Crippen molar-refractivity contribution in [3.8, 4) is 0 Å². The average Bonchev–Trinajstić information content (AvgIpc) is 3.09. The maximum atomic E-state index is 3.60. The Morgan fingerprint density at radius 3 is 2.71 bits per heavy atom. The van der Waals surface area contributed by atoms with Gasteiger partial charge in [0.15, 0.2) is 0 Å². The minimum Gasteiger partial charge on any atom is -0.311 e. The highest BCUT2D eigenvalue weighted by atomic mass is 79.9. The van der Waals surface area contributed by atoms with Crippen LogP contribution in [0.15, 0.2) is 15.9 Å². The number of nitrogens with zero attached hydrogens (tertiary/aromatic N) is 1. The Morgan fingerprint density at radius 2 is 2.10 bits per heavy atom. The van der Waals surface area contributed by atoms with Crippen molar-refractivity contribution in [2.45, 2.75) is 58.5 Å². The third-order valence-corrected chi connectivity index (χ3v) is 6.03. The summed E-state index contributed by atoms with van der Waals surface area (Å²) in [5.74, 6) is 0.810. The molecule has 1 aromatic rings. The monoisotopic (exact) mass is 372 g/mol. The fraction of sp³-hybridized carbons (Fsp3) is 0.765. The molecule has 1 aliphatic rings. The van der Waals surface area contributed by atoms with E-state index in [0.717, 1.165) is 25.0 Å². The van der Waals surface area contributed by atoms with Crippen LogP contribution < -0.4 is 5.32 Å². The van der Waals surface area contributed by atoms with E-state index in [9.17, 15) is 0 Å². The lowest BCUT2D eigenvalue weighted by Crippen LogP contribution is -2.39. The smallest absolute Gasteiger partial charge is 0.0300 e. The quantitative estimate of drug-likeness (QED) is 0.620. The molecule has 2 rings (SSSR count). The van der Waals surface area contributed by atoms with Crippen LogP contribution in [0.4, 0.5) is 0 Å². The SMILES string of the molecule is CC(C)CCN(CCNCc1cc(Br)cs1)C1CCCC1. The summed E-state index contributed by atoms with van der Waals surface area (Å²) in [5.41, 5.74) is 0. The van der Waals surface area contributed by atoms with Crippen molar-refractivity contribution in [1.29, 1.82) is 0 Å². The third kappa shape index (κ3) is 6.39. The molecular formula is C17H29BrN2S. The summed E-state index contributed by atoms with van der Waals surface area (Å²) in [6.07, 6.45) is 7.01. The summed E-state index contributed by atoms with van der Waals surface area (Å²) in [7, 11) is 0. The Bertz CT molecular complexity index is 399. The Kier molecular flexibility index (Phi) is 7.72. The van der Waals surface area contributed by atoms with Crippen LogP contribution in [-0.2, 0) is 6.54 Å². The van der Waals surface area contributed by atoms with E-state index in [4.69, 9.17) is 0 Å². The maximum Gasteiger partial charge on any atom is 0.0300 e. The second kappa shape index (κ2) is 9.29. The van der Waals surface area contributed by atoms with Gasteiger partial charge in [0, 0.05) is 40.4 Å². The highest BCUT2D eigenvalue weighted by molar-refractivity contribution is 9.10. The van der Waals surface area contributed by atoms with E-state index in [-0.39, 0.29) is 0 Å². The van der Waals surface area contributed by atoms with E-state index in [1.807, 2.05) is 11.3 Å². The molecule has 0 aliphatic heterocycles. The third-order valence-electron chi connectivity index (χ3n) is 4.33. The fourth-order valence-corrected chi connectivity index (χ4v) is 4.47. The first kappa shape index (κ1) is 17.5. The first-order valence-electron chi connectivity index (χ1n) is 8.33. The van der Waals surface area contributed by atoms with Gasteiger partial charge >= 0.3 is 0 Å². The van der Waals surface area contributed by atoms with E-state index >= 15 is 0 Å². The van der Waals surface area contributed by atoms with Crippen molar-refractivity contribution < 1.29 is 0 Å². The molecule has 0 atom stereocenters. The predicted octanol–water partition coefficient (Wildman–Crippen LogP) is 4.89. The van der Waals surface area contributed by atoms with Gasteiger partial charge in [-0.3, -0.25) is 4.90 Å². The van der Waals surface area contributed by atoms with E-state index < -0.39 is 0 Å². The van der Waals surface area contributed by atoms with E-state index in [2.05, 4.69) is 51.4 Å². The van der Waals surface area contributed by atoms with Crippen LogP contribution in [0.5, 0.6) is 0 Å². The van der Waals surface area contributed by atoms with E-state index in [0.29, 0.717) is 0 Å². The molecule has 1 heterocycles. The van der Waals surface area contributed by atoms with Crippen molar-refractivity contribution in [1.82, 2.24) is 10.2 Å². The van der Waals surface area contributed by atoms with Crippen LogP contribution in [-0.4, -0.2) is 30.6 Å². The molecule has 1 N–H and O–H groups in total. The normalized spacial score (nSPS) is 16.4. The maximum absolute atomic E-state index is 3.60. The summed E-state index contributed by atoms with van der Waals surface area (Å²) >= 11 is 5.34. The van der Waals surface area contributed by atoms with Crippen molar-refractivity contribution in [2.75, 3.05) is 19.6 Å². The van der Waals surface area contributed by atoms with Crippen LogP contribution in [0.3, 0.4) is 0 Å². The molecule has 0 amide bonds. The van der Waals surface area contributed by atoms with E-state index in [1.54, 1.807) is 0 Å². The number of halogens is 1. The molecule has 1 fully saturated rings. The molecule has 0 saturated heterocycles. The number of hydrogen-bond acceptors (Lipinski definition) is 3. The molecule has 21 heavy (non-hydrogen) atoms. The van der Waals surface area contributed by atoms with Crippen LogP contribution in [0.25, 0.3) is 0 Å². The van der Waals surface area contributed by atoms with Gasteiger partial charge < -0.3 is 5.32 Å². The number of hydrogen-bond donors (Lipinski definition) is 1. The zero-order valence-corrected chi connectivity index (χ0v) is 15.8. The summed E-state index contributed by atoms with van der Waals surface area (Å²) in [6, 6.07) is 3.06. The van der Waals surface area contributed by atoms with Crippen molar-refractivity contribution in [3.63, 3.8) is 0 Å². The fourth-order valence-electron chi connectivity index (χ4n) is 3.05. The second-order valence-electron chi connectivity index (χ2n) is 6.56. The van der Waals surface area contributed by atoms with Gasteiger partial charge in [-0.25, -0.2) is 0 Å². The first-order chi connectivity index (χ1) is 10.1. The van der Waals surface area contributed by atoms with Gasteiger partial charge in [0.05, 0.1) is 0 Å². The van der Waals surface area contributed by atoms with Crippen molar-refractivity contribution in [3.05, 3.63) is 20.8 Å². The molecule has 1 aliphatic carbocycles. The lowest BCUT2D eigenvalue weighted by Gasteiger charge is -2.29. The first-order valence-corrected chi connectivity index (χ1v) is 10.00. The van der Waals surface area contributed by atoms with Crippen LogP contribution in [0.1, 0.15) is 50.8 Å². The van der Waals surface area contributed by atoms with E-state index in [1.165, 1.54) is 54.5 Å². The lowest BCUT2D eigenvalue weighted by atomic mass is 10.1. The summed E-state index contributed by atoms with van der Waals surface area (Å²) in [4.78, 5) is 4.15. The molecule has 120 valence electrons. The van der Waals surface area contributed by atoms with Crippen LogP contribution >= 0.6 is 27.3 Å².